The van der Waals surface area contributed by atoms with Crippen LogP contribution in [-0.4, -0.2) is 48.8 Å². The van der Waals surface area contributed by atoms with Crippen molar-refractivity contribution in [3.8, 4) is 5.75 Å². The van der Waals surface area contributed by atoms with Gasteiger partial charge < -0.3 is 19.4 Å². The van der Waals surface area contributed by atoms with Crippen molar-refractivity contribution in [2.75, 3.05) is 11.5 Å². The number of hydrogen-bond acceptors (Lipinski definition) is 9. The summed E-state index contributed by atoms with van der Waals surface area (Å²) in [5, 5.41) is 21.5. The number of imidazole rings is 1. The van der Waals surface area contributed by atoms with Crippen molar-refractivity contribution in [2.24, 2.45) is 0 Å². The van der Waals surface area contributed by atoms with Gasteiger partial charge in [-0.25, -0.2) is 14.8 Å². The maximum Gasteiger partial charge on any atom is 0.350 e. The molecule has 0 aliphatic carbocycles. The highest BCUT2D eigenvalue weighted by Crippen LogP contribution is 2.44. The van der Waals surface area contributed by atoms with Gasteiger partial charge in [0.15, 0.2) is 10.9 Å². The van der Waals surface area contributed by atoms with Crippen molar-refractivity contribution in [1.82, 2.24) is 14.4 Å². The topological polar surface area (TPSA) is 134 Å². The van der Waals surface area contributed by atoms with Gasteiger partial charge in [0.2, 0.25) is 0 Å². The van der Waals surface area contributed by atoms with E-state index in [0.717, 1.165) is 21.8 Å². The van der Waals surface area contributed by atoms with Crippen LogP contribution in [0.4, 0.5) is 5.13 Å². The number of hydrogen-bond donors (Lipinski definition) is 2. The first kappa shape index (κ1) is 25.9. The number of esters is 1. The summed E-state index contributed by atoms with van der Waals surface area (Å²) in [6.07, 6.45) is 3.23. The Hall–Kier alpha value is -4.77. The summed E-state index contributed by atoms with van der Waals surface area (Å²) in [6, 6.07) is 8.56. The van der Waals surface area contributed by atoms with Crippen LogP contribution in [0.15, 0.2) is 60.8 Å². The van der Waals surface area contributed by atoms with Crippen LogP contribution in [0.5, 0.6) is 5.75 Å². The van der Waals surface area contributed by atoms with E-state index in [2.05, 4.69) is 16.5 Å². The highest BCUT2D eigenvalue weighted by molar-refractivity contribution is 7.17. The highest BCUT2D eigenvalue weighted by Gasteiger charge is 2.49. The Morgan fingerprint density at radius 2 is 1.87 bits per heavy atom. The van der Waals surface area contributed by atoms with Gasteiger partial charge in [-0.2, -0.15) is 0 Å². The number of thiazole rings is 1. The molecule has 1 aliphatic heterocycles. The number of benzene rings is 1. The first-order chi connectivity index (χ1) is 18.6. The molecule has 2 N–H and O–H groups in total. The Kier molecular flexibility index (Phi) is 6.52. The number of nitrogens with zero attached hydrogens (tertiary/aromatic N) is 4. The quantitative estimate of drug-likeness (QED) is 0.120. The van der Waals surface area contributed by atoms with Crippen LogP contribution in [0.2, 0.25) is 0 Å². The predicted octanol–water partition coefficient (Wildman–Crippen LogP) is 4.39. The second kappa shape index (κ2) is 9.84. The minimum atomic E-state index is -1.10. The number of aromatic nitrogens is 3. The zero-order chi connectivity index (χ0) is 28.0. The molecule has 1 aromatic carbocycles. The summed E-state index contributed by atoms with van der Waals surface area (Å²) >= 11 is 0.901. The van der Waals surface area contributed by atoms with E-state index in [4.69, 9.17) is 4.74 Å². The number of pyridine rings is 1. The third-order valence-corrected chi connectivity index (χ3v) is 7.61. The number of ketones is 1. The van der Waals surface area contributed by atoms with Gasteiger partial charge >= 0.3 is 11.9 Å². The smallest absolute Gasteiger partial charge is 0.350 e. The average molecular weight is 545 g/mol. The third-order valence-electron chi connectivity index (χ3n) is 6.47. The molecule has 1 aliphatic rings. The number of rotatable bonds is 6. The summed E-state index contributed by atoms with van der Waals surface area (Å²) in [7, 11) is 0. The first-order valence-corrected chi connectivity index (χ1v) is 12.8. The van der Waals surface area contributed by atoms with Gasteiger partial charge in [0.25, 0.3) is 5.78 Å². The van der Waals surface area contributed by atoms with E-state index in [-0.39, 0.29) is 33.6 Å². The average Bonchev–Trinajstić information content (AvgIpc) is 3.55. The Morgan fingerprint density at radius 3 is 2.54 bits per heavy atom. The van der Waals surface area contributed by atoms with Gasteiger partial charge in [0.1, 0.15) is 28.6 Å². The van der Waals surface area contributed by atoms with Gasteiger partial charge in [-0.05, 0) is 50.1 Å². The highest BCUT2D eigenvalue weighted by atomic mass is 32.1. The number of aryl methyl sites for hydroxylation is 3. The van der Waals surface area contributed by atoms with E-state index in [1.807, 2.05) is 19.1 Å². The van der Waals surface area contributed by atoms with E-state index >= 15 is 0 Å². The van der Waals surface area contributed by atoms with E-state index in [9.17, 15) is 24.6 Å². The number of fused-ring (bicyclic) bond motifs is 1. The molecular weight excluding hydrogens is 520 g/mol. The normalized spacial score (nSPS) is 16.7. The van der Waals surface area contributed by atoms with Crippen LogP contribution in [0.1, 0.15) is 43.9 Å². The second-order valence-corrected chi connectivity index (χ2v) is 9.97. The Labute approximate surface area is 227 Å². The molecule has 1 amide bonds. The molecule has 3 aromatic heterocycles. The van der Waals surface area contributed by atoms with Crippen molar-refractivity contribution < 1.29 is 29.3 Å². The first-order valence-electron chi connectivity index (χ1n) is 11.9. The fourth-order valence-electron chi connectivity index (χ4n) is 4.55. The SMILES string of the molecule is C=CCOC(=O)c1sc(N2C(=O)C(=O)C(=C(O)c3nc4c(C)cccn4c3C)C2c2ccc(O)cc2)nc1C. The van der Waals surface area contributed by atoms with Crippen molar-refractivity contribution in [3.63, 3.8) is 0 Å². The number of amides is 1. The van der Waals surface area contributed by atoms with Crippen molar-refractivity contribution in [1.29, 1.82) is 0 Å². The molecular formula is C28H24N4O6S. The number of phenols is 1. The molecule has 1 unspecified atom stereocenters. The number of Topliss-reactive ketones (excluding diaryl/α,β-unsaturated/α-hetero) is 1. The van der Waals surface area contributed by atoms with Crippen LogP contribution in [-0.2, 0) is 14.3 Å². The Morgan fingerprint density at radius 1 is 1.15 bits per heavy atom. The Bertz CT molecular complexity index is 1700. The van der Waals surface area contributed by atoms with Gasteiger partial charge in [-0.1, -0.05) is 42.2 Å². The lowest BCUT2D eigenvalue weighted by molar-refractivity contribution is -0.132. The molecule has 0 bridgehead atoms. The molecule has 198 valence electrons. The maximum atomic E-state index is 13.5. The zero-order valence-electron chi connectivity index (χ0n) is 21.3. The summed E-state index contributed by atoms with van der Waals surface area (Å²) in [5.74, 6) is -2.94. The maximum absolute atomic E-state index is 13.5. The van der Waals surface area contributed by atoms with E-state index in [0.29, 0.717) is 22.6 Å². The van der Waals surface area contributed by atoms with E-state index in [1.54, 1.807) is 36.6 Å². The zero-order valence-corrected chi connectivity index (χ0v) is 22.2. The molecule has 0 radical (unpaired) electrons. The number of ether oxygens (including phenoxy) is 1. The minimum Gasteiger partial charge on any atom is -0.508 e. The summed E-state index contributed by atoms with van der Waals surface area (Å²) in [5.41, 5.74) is 2.79. The van der Waals surface area contributed by atoms with Gasteiger partial charge in [0.05, 0.1) is 23.0 Å². The predicted molar refractivity (Wildman–Crippen MR) is 145 cm³/mol. The molecule has 0 spiro atoms. The Balaban J connectivity index is 1.71. The number of aromatic hydroxyl groups is 1. The van der Waals surface area contributed by atoms with Crippen LogP contribution >= 0.6 is 11.3 Å². The van der Waals surface area contributed by atoms with Gasteiger partial charge in [-0.15, -0.1) is 0 Å². The lowest BCUT2D eigenvalue weighted by atomic mass is 9.96. The lowest BCUT2D eigenvalue weighted by Gasteiger charge is -2.22. The molecule has 4 heterocycles. The van der Waals surface area contributed by atoms with Gasteiger partial charge in [-0.3, -0.25) is 14.5 Å². The minimum absolute atomic E-state index is 0.00136. The second-order valence-electron chi connectivity index (χ2n) is 8.99. The van der Waals surface area contributed by atoms with Crippen molar-refractivity contribution >= 4 is 45.5 Å². The number of aliphatic hydroxyl groups excluding tert-OH is 1. The number of carbonyl (C=O) groups is 3. The fraction of sp³-hybridized carbons (Fsp3) is 0.179. The molecule has 1 atom stereocenters. The largest absolute Gasteiger partial charge is 0.508 e. The molecule has 10 nitrogen and oxygen atoms in total. The summed E-state index contributed by atoms with van der Waals surface area (Å²) < 4.78 is 6.92. The molecule has 0 saturated carbocycles. The molecule has 1 saturated heterocycles. The summed E-state index contributed by atoms with van der Waals surface area (Å²) in [6.45, 7) is 8.76. The molecule has 4 aromatic rings. The number of anilines is 1. The molecule has 5 rings (SSSR count). The van der Waals surface area contributed by atoms with Crippen LogP contribution in [0.3, 0.4) is 0 Å². The number of phenolic OH excluding ortho intramolecular Hbond substituents is 1. The van der Waals surface area contributed by atoms with E-state index < -0.39 is 29.5 Å². The standard InChI is InChI=1S/C28H24N4O6S/c1-5-13-38-27(37)24-15(3)29-28(39-24)32-21(17-8-10-18(33)11-9-17)19(23(35)26(32)36)22(34)20-16(4)31-12-6-7-14(2)25(31)30-20/h5-12,21,33-34H,1,13H2,2-4H3. The number of aliphatic hydroxyl groups is 1. The fourth-order valence-corrected chi connectivity index (χ4v) is 5.54. The van der Waals surface area contributed by atoms with Crippen LogP contribution in [0.25, 0.3) is 11.4 Å². The molecule has 11 heteroatoms. The third kappa shape index (κ3) is 4.26. The monoisotopic (exact) mass is 544 g/mol. The van der Waals surface area contributed by atoms with Crippen molar-refractivity contribution in [2.45, 2.75) is 26.8 Å². The summed E-state index contributed by atoms with van der Waals surface area (Å²) in [4.78, 5) is 49.8. The van der Waals surface area contributed by atoms with Crippen LogP contribution < -0.4 is 4.90 Å². The van der Waals surface area contributed by atoms with Gasteiger partial charge in [0, 0.05) is 6.20 Å². The lowest BCUT2D eigenvalue weighted by Crippen LogP contribution is -2.29. The number of carbonyl (C=O) groups excluding carboxylic acids is 3. The van der Waals surface area contributed by atoms with Crippen molar-refractivity contribution in [3.05, 3.63) is 93.9 Å². The molecule has 1 fully saturated rings. The van der Waals surface area contributed by atoms with Crippen LogP contribution in [0, 0.1) is 20.8 Å². The van der Waals surface area contributed by atoms with E-state index in [1.165, 1.54) is 18.2 Å². The molecule has 39 heavy (non-hydrogen) atoms.